The van der Waals surface area contributed by atoms with Gasteiger partial charge in [-0.25, -0.2) is 4.39 Å². The highest BCUT2D eigenvalue weighted by Gasteiger charge is 2.10. The van der Waals surface area contributed by atoms with Crippen LogP contribution in [0.4, 0.5) is 4.39 Å². The molecule has 0 aliphatic rings. The molecule has 2 aromatic rings. The Labute approximate surface area is 123 Å². The Morgan fingerprint density at radius 2 is 2.00 bits per heavy atom. The van der Waals surface area contributed by atoms with Crippen molar-refractivity contribution < 1.29 is 9.13 Å². The largest absolute Gasteiger partial charge is 0.489 e. The quantitative estimate of drug-likeness (QED) is 0.883. The van der Waals surface area contributed by atoms with E-state index in [2.05, 4.69) is 0 Å². The molecule has 0 fully saturated rings. The Hall–Kier alpha value is -1.58. The zero-order valence-corrected chi connectivity index (χ0v) is 12.0. The highest BCUT2D eigenvalue weighted by Crippen LogP contribution is 2.26. The van der Waals surface area contributed by atoms with Crippen molar-refractivity contribution >= 4 is 11.6 Å². The van der Waals surface area contributed by atoms with E-state index in [1.54, 1.807) is 6.07 Å². The second-order valence-electron chi connectivity index (χ2n) is 4.59. The van der Waals surface area contributed by atoms with Gasteiger partial charge in [0.05, 0.1) is 5.02 Å². The van der Waals surface area contributed by atoms with Crippen LogP contribution >= 0.6 is 11.6 Å². The first-order chi connectivity index (χ1) is 9.61. The van der Waals surface area contributed by atoms with Crippen molar-refractivity contribution in [3.05, 3.63) is 64.4 Å². The van der Waals surface area contributed by atoms with Gasteiger partial charge in [-0.1, -0.05) is 42.8 Å². The second-order valence-corrected chi connectivity index (χ2v) is 5.00. The number of benzene rings is 2. The van der Waals surface area contributed by atoms with E-state index in [9.17, 15) is 4.39 Å². The fraction of sp³-hybridized carbons (Fsp3) is 0.250. The molecule has 0 spiro atoms. The van der Waals surface area contributed by atoms with Gasteiger partial charge in [-0.2, -0.15) is 0 Å². The van der Waals surface area contributed by atoms with Crippen LogP contribution < -0.4 is 10.5 Å². The van der Waals surface area contributed by atoms with Crippen molar-refractivity contribution in [3.63, 3.8) is 0 Å². The summed E-state index contributed by atoms with van der Waals surface area (Å²) >= 11 is 5.65. The summed E-state index contributed by atoms with van der Waals surface area (Å²) in [6.45, 7) is 2.30. The molecular formula is C16H17ClFNO. The summed E-state index contributed by atoms with van der Waals surface area (Å²) in [5, 5.41) is 0.113. The summed E-state index contributed by atoms with van der Waals surface area (Å²) in [6.07, 6.45) is 0.829. The summed E-state index contributed by atoms with van der Waals surface area (Å²) in [7, 11) is 0. The third kappa shape index (κ3) is 3.50. The predicted molar refractivity (Wildman–Crippen MR) is 79.4 cm³/mol. The van der Waals surface area contributed by atoms with E-state index in [0.29, 0.717) is 0 Å². The van der Waals surface area contributed by atoms with E-state index in [-0.39, 0.29) is 17.7 Å². The van der Waals surface area contributed by atoms with Gasteiger partial charge in [-0.05, 0) is 30.2 Å². The molecule has 0 bridgehead atoms. The van der Waals surface area contributed by atoms with Gasteiger partial charge in [-0.15, -0.1) is 0 Å². The number of rotatable bonds is 5. The van der Waals surface area contributed by atoms with Crippen LogP contribution in [0.15, 0.2) is 42.5 Å². The normalized spacial score (nSPS) is 12.2. The molecule has 106 valence electrons. The molecule has 0 aliphatic carbocycles. The lowest BCUT2D eigenvalue weighted by atomic mass is 10.0. The van der Waals surface area contributed by atoms with E-state index >= 15 is 0 Å². The minimum absolute atomic E-state index is 0.0619. The Bertz CT molecular complexity index is 588. The predicted octanol–water partition coefficient (Wildman–Crippen LogP) is 4.47. The first kappa shape index (κ1) is 14.8. The number of hydrogen-bond acceptors (Lipinski definition) is 2. The second kappa shape index (κ2) is 6.73. The van der Waals surface area contributed by atoms with Crippen molar-refractivity contribution in [1.29, 1.82) is 0 Å². The number of halogens is 2. The molecule has 20 heavy (non-hydrogen) atoms. The summed E-state index contributed by atoms with van der Waals surface area (Å²) in [6, 6.07) is 12.2. The minimum Gasteiger partial charge on any atom is -0.489 e. The highest BCUT2D eigenvalue weighted by molar-refractivity contribution is 6.30. The van der Waals surface area contributed by atoms with Gasteiger partial charge >= 0.3 is 0 Å². The van der Waals surface area contributed by atoms with Crippen molar-refractivity contribution in [2.45, 2.75) is 26.0 Å². The van der Waals surface area contributed by atoms with E-state index in [1.807, 2.05) is 31.2 Å². The van der Waals surface area contributed by atoms with Crippen LogP contribution in [0.5, 0.6) is 5.75 Å². The van der Waals surface area contributed by atoms with Crippen molar-refractivity contribution in [2.24, 2.45) is 5.73 Å². The Morgan fingerprint density at radius 1 is 1.25 bits per heavy atom. The van der Waals surface area contributed by atoms with E-state index in [0.717, 1.165) is 23.3 Å². The van der Waals surface area contributed by atoms with Gasteiger partial charge in [0.1, 0.15) is 18.2 Å². The molecule has 2 nitrogen and oxygen atoms in total. The number of nitrogens with two attached hydrogens (primary N) is 1. The smallest absolute Gasteiger partial charge is 0.142 e. The standard InChI is InChI=1S/C16H17ClFNO/c1-2-15(19)12-5-3-4-6-16(12)20-10-11-7-8-13(17)14(18)9-11/h3-9,15H,2,10,19H2,1H3/t15-/m1/s1. The Kier molecular flexibility index (Phi) is 4.99. The molecule has 0 saturated carbocycles. The van der Waals surface area contributed by atoms with Crippen LogP contribution in [0.2, 0.25) is 5.02 Å². The molecule has 2 rings (SSSR count). The fourth-order valence-corrected chi connectivity index (χ4v) is 2.05. The lowest BCUT2D eigenvalue weighted by Gasteiger charge is -2.15. The van der Waals surface area contributed by atoms with Crippen LogP contribution in [-0.2, 0) is 6.61 Å². The molecule has 0 radical (unpaired) electrons. The summed E-state index contributed by atoms with van der Waals surface area (Å²) < 4.78 is 19.1. The maximum atomic E-state index is 13.4. The van der Waals surface area contributed by atoms with Crippen molar-refractivity contribution in [1.82, 2.24) is 0 Å². The number of hydrogen-bond donors (Lipinski definition) is 1. The summed E-state index contributed by atoms with van der Waals surface area (Å²) in [4.78, 5) is 0. The maximum Gasteiger partial charge on any atom is 0.142 e. The third-order valence-corrected chi connectivity index (χ3v) is 3.44. The van der Waals surface area contributed by atoms with Gasteiger partial charge < -0.3 is 10.5 Å². The molecular weight excluding hydrogens is 277 g/mol. The molecule has 2 aromatic carbocycles. The fourth-order valence-electron chi connectivity index (χ4n) is 1.93. The zero-order chi connectivity index (χ0) is 14.5. The third-order valence-electron chi connectivity index (χ3n) is 3.14. The average Bonchev–Trinajstić information content (AvgIpc) is 2.48. The Morgan fingerprint density at radius 3 is 2.70 bits per heavy atom. The molecule has 4 heteroatoms. The molecule has 0 heterocycles. The van der Waals surface area contributed by atoms with Gasteiger partial charge in [0.15, 0.2) is 0 Å². The SMILES string of the molecule is CC[C@@H](N)c1ccccc1OCc1ccc(Cl)c(F)c1. The van der Waals surface area contributed by atoms with Crippen LogP contribution in [0.1, 0.15) is 30.5 Å². The first-order valence-corrected chi connectivity index (χ1v) is 6.91. The molecule has 1 atom stereocenters. The van der Waals surface area contributed by atoms with Crippen LogP contribution in [-0.4, -0.2) is 0 Å². The number of ether oxygens (including phenoxy) is 1. The molecule has 0 saturated heterocycles. The van der Waals surface area contributed by atoms with Crippen LogP contribution in [0, 0.1) is 5.82 Å². The topological polar surface area (TPSA) is 35.2 Å². The van der Waals surface area contributed by atoms with Crippen molar-refractivity contribution in [2.75, 3.05) is 0 Å². The highest BCUT2D eigenvalue weighted by atomic mass is 35.5. The molecule has 0 aliphatic heterocycles. The Balaban J connectivity index is 2.12. The van der Waals surface area contributed by atoms with Crippen LogP contribution in [0.3, 0.4) is 0 Å². The molecule has 0 unspecified atom stereocenters. The van der Waals surface area contributed by atoms with Crippen LogP contribution in [0.25, 0.3) is 0 Å². The minimum atomic E-state index is -0.439. The monoisotopic (exact) mass is 293 g/mol. The van der Waals surface area contributed by atoms with E-state index < -0.39 is 5.82 Å². The van der Waals surface area contributed by atoms with Gasteiger partial charge in [-0.3, -0.25) is 0 Å². The van der Waals surface area contributed by atoms with E-state index in [1.165, 1.54) is 12.1 Å². The summed E-state index contributed by atoms with van der Waals surface area (Å²) in [5.74, 6) is 0.295. The molecule has 2 N–H and O–H groups in total. The maximum absolute atomic E-state index is 13.4. The van der Waals surface area contributed by atoms with Gasteiger partial charge in [0, 0.05) is 11.6 Å². The zero-order valence-electron chi connectivity index (χ0n) is 11.3. The molecule has 0 aromatic heterocycles. The van der Waals surface area contributed by atoms with Gasteiger partial charge in [0.2, 0.25) is 0 Å². The van der Waals surface area contributed by atoms with Crippen molar-refractivity contribution in [3.8, 4) is 5.75 Å². The van der Waals surface area contributed by atoms with Gasteiger partial charge in [0.25, 0.3) is 0 Å². The lowest BCUT2D eigenvalue weighted by Crippen LogP contribution is -2.10. The lowest BCUT2D eigenvalue weighted by molar-refractivity contribution is 0.300. The summed E-state index contributed by atoms with van der Waals surface area (Å²) in [5.41, 5.74) is 7.74. The average molecular weight is 294 g/mol. The number of para-hydroxylation sites is 1. The van der Waals surface area contributed by atoms with E-state index in [4.69, 9.17) is 22.1 Å². The first-order valence-electron chi connectivity index (χ1n) is 6.53. The molecule has 0 amide bonds.